The van der Waals surface area contributed by atoms with E-state index < -0.39 is 4.92 Å². The number of halogens is 1. The second-order valence-corrected chi connectivity index (χ2v) is 3.03. The lowest BCUT2D eigenvalue weighted by molar-refractivity contribution is -0.384. The molecular weight excluding hydrogens is 204 g/mol. The van der Waals surface area contributed by atoms with Gasteiger partial charge in [-0.3, -0.25) is 10.1 Å². The summed E-state index contributed by atoms with van der Waals surface area (Å²) in [6.07, 6.45) is 0.626. The van der Waals surface area contributed by atoms with Gasteiger partial charge in [0.1, 0.15) is 11.1 Å². The Hall–Kier alpha value is -1.60. The van der Waals surface area contributed by atoms with Gasteiger partial charge in [-0.1, -0.05) is 24.6 Å². The number of aryl methyl sites for hydroxylation is 1. The van der Waals surface area contributed by atoms with Gasteiger partial charge in [0.2, 0.25) is 0 Å². The predicted octanol–water partition coefficient (Wildman–Crippen LogP) is 2.68. The van der Waals surface area contributed by atoms with Gasteiger partial charge in [-0.05, 0) is 12.0 Å². The van der Waals surface area contributed by atoms with Crippen LogP contribution in [0.1, 0.15) is 18.1 Å². The number of nitrogens with zero attached hydrogens (tertiary/aromatic N) is 2. The van der Waals surface area contributed by atoms with E-state index in [2.05, 4.69) is 0 Å². The van der Waals surface area contributed by atoms with Crippen molar-refractivity contribution in [2.24, 2.45) is 0 Å². The molecule has 0 aliphatic rings. The first-order valence-corrected chi connectivity index (χ1v) is 4.35. The third-order valence-electron chi connectivity index (χ3n) is 1.90. The maximum Gasteiger partial charge on any atom is 0.289 e. The fourth-order valence-electron chi connectivity index (χ4n) is 1.16. The molecule has 0 saturated heterocycles. The summed E-state index contributed by atoms with van der Waals surface area (Å²) in [5.41, 5.74) is 0.701. The fraction of sp³-hybridized carbons (Fsp3) is 0.222. The van der Waals surface area contributed by atoms with Crippen molar-refractivity contribution in [3.05, 3.63) is 38.4 Å². The number of benzene rings is 1. The summed E-state index contributed by atoms with van der Waals surface area (Å²) in [5.74, 6) is 0. The van der Waals surface area contributed by atoms with Crippen LogP contribution in [0.4, 0.5) is 5.69 Å². The highest BCUT2D eigenvalue weighted by atomic mass is 35.5. The Morgan fingerprint density at radius 1 is 1.64 bits per heavy atom. The van der Waals surface area contributed by atoms with Gasteiger partial charge in [0.25, 0.3) is 5.69 Å². The Balaban J connectivity index is 3.44. The zero-order chi connectivity index (χ0) is 10.7. The third-order valence-corrected chi connectivity index (χ3v) is 2.28. The second kappa shape index (κ2) is 4.07. The Morgan fingerprint density at radius 2 is 2.29 bits per heavy atom. The van der Waals surface area contributed by atoms with Crippen molar-refractivity contribution >= 4 is 17.3 Å². The molecule has 1 rings (SSSR count). The number of hydrogen-bond donors (Lipinski definition) is 0. The minimum Gasteiger partial charge on any atom is -0.258 e. The van der Waals surface area contributed by atoms with E-state index in [-0.39, 0.29) is 16.3 Å². The smallest absolute Gasteiger partial charge is 0.258 e. The van der Waals surface area contributed by atoms with Crippen LogP contribution in [0.3, 0.4) is 0 Å². The number of hydrogen-bond acceptors (Lipinski definition) is 3. The van der Waals surface area contributed by atoms with Crippen LogP contribution in [0.25, 0.3) is 0 Å². The molecule has 0 aliphatic carbocycles. The summed E-state index contributed by atoms with van der Waals surface area (Å²) in [6.45, 7) is 1.86. The zero-order valence-corrected chi connectivity index (χ0v) is 8.21. The highest BCUT2D eigenvalue weighted by molar-refractivity contribution is 6.33. The Bertz CT molecular complexity index is 424. The predicted molar refractivity (Wildman–Crippen MR) is 52.2 cm³/mol. The van der Waals surface area contributed by atoms with Gasteiger partial charge >= 0.3 is 0 Å². The molecule has 1 aromatic rings. The fourth-order valence-corrected chi connectivity index (χ4v) is 1.46. The van der Waals surface area contributed by atoms with Gasteiger partial charge in [-0.2, -0.15) is 5.26 Å². The standard InChI is InChI=1S/C9H7ClN2O2/c1-2-6-3-4-8(12(13)14)9(10)7(6)5-11/h3-4H,2H2,1H3. The molecule has 0 fully saturated rings. The van der Waals surface area contributed by atoms with Gasteiger partial charge in [0, 0.05) is 6.07 Å². The molecule has 0 atom stereocenters. The maximum absolute atomic E-state index is 10.5. The van der Waals surface area contributed by atoms with Crippen LogP contribution in [0.2, 0.25) is 5.02 Å². The zero-order valence-electron chi connectivity index (χ0n) is 7.45. The van der Waals surface area contributed by atoms with Crippen LogP contribution in [0.5, 0.6) is 0 Å². The minimum atomic E-state index is -0.595. The number of nitro groups is 1. The average Bonchev–Trinajstić information content (AvgIpc) is 2.16. The lowest BCUT2D eigenvalue weighted by Gasteiger charge is -2.02. The Labute approximate surface area is 85.9 Å². The maximum atomic E-state index is 10.5. The van der Waals surface area contributed by atoms with Crippen molar-refractivity contribution in [3.8, 4) is 6.07 Å². The highest BCUT2D eigenvalue weighted by Crippen LogP contribution is 2.30. The number of nitro benzene ring substituents is 1. The van der Waals surface area contributed by atoms with E-state index in [9.17, 15) is 10.1 Å². The van der Waals surface area contributed by atoms with Crippen molar-refractivity contribution < 1.29 is 4.92 Å². The van der Waals surface area contributed by atoms with Gasteiger partial charge in [0.15, 0.2) is 0 Å². The molecule has 4 nitrogen and oxygen atoms in total. The summed E-state index contributed by atoms with van der Waals surface area (Å²) < 4.78 is 0. The number of nitriles is 1. The summed E-state index contributed by atoms with van der Waals surface area (Å²) in [7, 11) is 0. The van der Waals surface area contributed by atoms with Gasteiger partial charge in [-0.25, -0.2) is 0 Å². The molecule has 0 unspecified atom stereocenters. The van der Waals surface area contributed by atoms with E-state index in [4.69, 9.17) is 16.9 Å². The monoisotopic (exact) mass is 210 g/mol. The lowest BCUT2D eigenvalue weighted by Crippen LogP contribution is -1.95. The van der Waals surface area contributed by atoms with E-state index in [0.29, 0.717) is 6.42 Å². The molecule has 0 aromatic heterocycles. The summed E-state index contributed by atoms with van der Waals surface area (Å²) >= 11 is 5.72. The first kappa shape index (κ1) is 10.5. The average molecular weight is 211 g/mol. The van der Waals surface area contributed by atoms with Crippen molar-refractivity contribution in [1.82, 2.24) is 0 Å². The second-order valence-electron chi connectivity index (χ2n) is 2.66. The largest absolute Gasteiger partial charge is 0.289 e. The van der Waals surface area contributed by atoms with Crippen LogP contribution < -0.4 is 0 Å². The van der Waals surface area contributed by atoms with Crippen LogP contribution in [0.15, 0.2) is 12.1 Å². The molecule has 0 amide bonds. The minimum absolute atomic E-state index is 0.0724. The molecule has 0 bridgehead atoms. The first-order chi connectivity index (χ1) is 6.61. The molecule has 0 spiro atoms. The first-order valence-electron chi connectivity index (χ1n) is 3.97. The van der Waals surface area contributed by atoms with Crippen LogP contribution in [-0.2, 0) is 6.42 Å². The molecule has 0 saturated carbocycles. The van der Waals surface area contributed by atoms with Crippen molar-refractivity contribution in [1.29, 1.82) is 5.26 Å². The quantitative estimate of drug-likeness (QED) is 0.557. The summed E-state index contributed by atoms with van der Waals surface area (Å²) in [4.78, 5) is 9.91. The van der Waals surface area contributed by atoms with Crippen molar-refractivity contribution in [2.75, 3.05) is 0 Å². The van der Waals surface area contributed by atoms with Gasteiger partial charge in [0.05, 0.1) is 10.5 Å². The van der Waals surface area contributed by atoms with E-state index in [1.54, 1.807) is 6.07 Å². The lowest BCUT2D eigenvalue weighted by atomic mass is 10.1. The van der Waals surface area contributed by atoms with Crippen molar-refractivity contribution in [2.45, 2.75) is 13.3 Å². The SMILES string of the molecule is CCc1ccc([N+](=O)[O-])c(Cl)c1C#N. The van der Waals surface area contributed by atoms with E-state index in [0.717, 1.165) is 5.56 Å². The Morgan fingerprint density at radius 3 is 2.71 bits per heavy atom. The molecule has 0 aliphatic heterocycles. The van der Waals surface area contributed by atoms with Crippen molar-refractivity contribution in [3.63, 3.8) is 0 Å². The van der Waals surface area contributed by atoms with Crippen LogP contribution in [0, 0.1) is 21.4 Å². The highest BCUT2D eigenvalue weighted by Gasteiger charge is 2.17. The van der Waals surface area contributed by atoms with Gasteiger partial charge in [-0.15, -0.1) is 0 Å². The molecule has 14 heavy (non-hydrogen) atoms. The molecular formula is C9H7ClN2O2. The van der Waals surface area contributed by atoms with E-state index in [1.807, 2.05) is 13.0 Å². The molecule has 0 radical (unpaired) electrons. The van der Waals surface area contributed by atoms with Crippen LogP contribution >= 0.6 is 11.6 Å². The third kappa shape index (κ3) is 1.68. The van der Waals surface area contributed by atoms with Crippen LogP contribution in [-0.4, -0.2) is 4.92 Å². The molecule has 0 N–H and O–H groups in total. The van der Waals surface area contributed by atoms with Gasteiger partial charge < -0.3 is 0 Å². The Kier molecular flexibility index (Phi) is 3.05. The topological polar surface area (TPSA) is 66.9 Å². The molecule has 0 heterocycles. The normalized spacial score (nSPS) is 9.50. The molecule has 72 valence electrons. The van der Waals surface area contributed by atoms with E-state index >= 15 is 0 Å². The number of rotatable bonds is 2. The summed E-state index contributed by atoms with van der Waals surface area (Å²) in [6, 6.07) is 4.75. The molecule has 5 heteroatoms. The van der Waals surface area contributed by atoms with E-state index in [1.165, 1.54) is 6.07 Å². The summed E-state index contributed by atoms with van der Waals surface area (Å²) in [5, 5.41) is 19.2. The molecule has 1 aromatic carbocycles.